The number of esters is 3. The van der Waals surface area contributed by atoms with Gasteiger partial charge in [-0.1, -0.05) is 90.6 Å². The second-order valence-electron chi connectivity index (χ2n) is 26.5. The molecule has 108 heavy (non-hydrogen) atoms. The number of nitrogens with one attached hydrogen (secondary N) is 9. The maximum Gasteiger partial charge on any atom is 0.698 e. The summed E-state index contributed by atoms with van der Waals surface area (Å²) in [6.45, 7) is 20.5. The SMILES string of the molecule is C=C(C(=O)N[C@@H](C)C(=O)N(C)[C@@H](C)C(=O)N[C@H](C(=O)NC)[C@H](OC(=O)[C@@H](NC(C)=O)[C@H](O[P+](=O)OCc1ccc(NC(=O)[C@H](CCCNC(N)=O)NC(=O)[C@@H](NC(=O)CCN2C(=O)C=CC2=O)C(C)C)cc1)C(C)C)C(C)C)N(C)C(=O)[C@@H](Cc1ccccc1)OC(=O)[C@@H](NC(C)=O)[C@@H](C)OC(=O)C[C@@H](C)OC. The van der Waals surface area contributed by atoms with Gasteiger partial charge in [0.15, 0.2) is 18.2 Å². The lowest BCUT2D eigenvalue weighted by atomic mass is 9.96. The highest BCUT2D eigenvalue weighted by Gasteiger charge is 2.45. The molecule has 2 aromatic rings. The zero-order valence-corrected chi connectivity index (χ0v) is 64.5. The largest absolute Gasteiger partial charge is 0.698 e. The molecule has 3 rings (SSSR count). The van der Waals surface area contributed by atoms with Crippen LogP contribution < -0.4 is 53.6 Å². The minimum atomic E-state index is -3.11. The highest BCUT2D eigenvalue weighted by Crippen LogP contribution is 2.33. The number of carbonyl (C=O) groups is 16. The van der Waals surface area contributed by atoms with Gasteiger partial charge in [-0.2, -0.15) is 0 Å². The Labute approximate surface area is 627 Å². The number of imide groups is 1. The molecular formula is C71H103N13O23P+. The molecule has 0 aromatic heterocycles. The summed E-state index contributed by atoms with van der Waals surface area (Å²) < 4.78 is 47.1. The maximum atomic E-state index is 14.4. The first-order chi connectivity index (χ1) is 50.6. The third kappa shape index (κ3) is 29.6. The number of urea groups is 1. The molecule has 1 heterocycles. The van der Waals surface area contributed by atoms with Crippen molar-refractivity contribution in [2.75, 3.05) is 46.7 Å². The van der Waals surface area contributed by atoms with Crippen molar-refractivity contribution in [2.24, 2.45) is 23.5 Å². The fraction of sp³-hybridized carbons (Fsp3) is 0.549. The number of methoxy groups -OCH3 is 1. The predicted octanol–water partition coefficient (Wildman–Crippen LogP) is 0.872. The Morgan fingerprint density at radius 3 is 1.76 bits per heavy atom. The molecule has 0 fully saturated rings. The molecule has 0 radical (unpaired) electrons. The van der Waals surface area contributed by atoms with Crippen molar-refractivity contribution in [1.82, 2.24) is 57.2 Å². The van der Waals surface area contributed by atoms with Crippen molar-refractivity contribution >= 4 is 109 Å². The molecule has 13 atom stereocenters. The highest BCUT2D eigenvalue weighted by atomic mass is 31.1. The van der Waals surface area contributed by atoms with E-state index in [1.807, 2.05) is 0 Å². The van der Waals surface area contributed by atoms with E-state index in [2.05, 4.69) is 54.4 Å². The Kier molecular flexibility index (Phi) is 37.8. The van der Waals surface area contributed by atoms with Crippen LogP contribution in [0, 0.1) is 17.8 Å². The van der Waals surface area contributed by atoms with Crippen LogP contribution in [0.3, 0.4) is 0 Å². The molecule has 0 spiro atoms. The minimum absolute atomic E-state index is 0.00658. The number of primary amides is 1. The van der Waals surface area contributed by atoms with Crippen LogP contribution in [0.1, 0.15) is 120 Å². The van der Waals surface area contributed by atoms with Gasteiger partial charge >= 0.3 is 32.2 Å². The second-order valence-corrected chi connectivity index (χ2v) is 27.4. The molecule has 1 aliphatic heterocycles. The number of likely N-dealkylation sites (N-methyl/N-ethyl adjacent to an activating group) is 3. The van der Waals surface area contributed by atoms with Crippen LogP contribution in [0.5, 0.6) is 0 Å². The van der Waals surface area contributed by atoms with E-state index in [9.17, 15) is 81.3 Å². The lowest BCUT2D eigenvalue weighted by molar-refractivity contribution is -0.167. The van der Waals surface area contributed by atoms with E-state index < -0.39 is 199 Å². The van der Waals surface area contributed by atoms with Crippen molar-refractivity contribution in [3.05, 3.63) is 90.2 Å². The topological polar surface area (TPSA) is 490 Å². The number of nitrogens with zero attached hydrogens (tertiary/aromatic N) is 3. The molecule has 594 valence electrons. The van der Waals surface area contributed by atoms with Crippen molar-refractivity contribution in [3.8, 4) is 0 Å². The number of carbonyl (C=O) groups excluding carboxylic acids is 16. The minimum Gasteiger partial charge on any atom is -0.460 e. The van der Waals surface area contributed by atoms with E-state index in [-0.39, 0.29) is 57.5 Å². The Bertz CT molecular complexity index is 3600. The van der Waals surface area contributed by atoms with Crippen LogP contribution in [0.4, 0.5) is 10.5 Å². The van der Waals surface area contributed by atoms with Crippen LogP contribution in [0.15, 0.2) is 79.0 Å². The Balaban J connectivity index is 1.74. The third-order valence-corrected chi connectivity index (χ3v) is 17.6. The zero-order chi connectivity index (χ0) is 81.6. The van der Waals surface area contributed by atoms with Gasteiger partial charge in [-0.25, -0.2) is 14.4 Å². The van der Waals surface area contributed by atoms with E-state index >= 15 is 0 Å². The standard InChI is InChI=1S/C71H102N13O23P/c1-37(2)56(80-52(87)31-33-84-53(88)29-30-54(84)89)66(95)79-50(24-21-32-74-71(72)100)64(93)78-49-27-25-48(26-28-49)36-103-108(101)107-61(39(5)6)59(77-46(13)86)70(99)106-60(38(3)4)58(65(94)73-14)81-63(92)43(10)82(15)67(96)41(8)75-62(91)42(9)83(16)68(97)51(35-47-22-19-18-20-23-47)105-69(98)57(76-45(12)85)44(11)104-55(90)34-40(7)102-17/h18-20,22-23,25-30,37-41,43-44,50-51,56-61H,9,21,24,31-36H2,1-8,10-17H3,(H10-,72,73,74,75,76,77,78,79,80,81,85,86,87,91,92,93,94,95,100)/p+1/t40-,41+,43+,44-,50+,51-,56+,57+,58+,59+,60-,61-/m1/s1. The average Bonchev–Trinajstić information content (AvgIpc) is 1.04. The van der Waals surface area contributed by atoms with Gasteiger partial charge < -0.3 is 82.3 Å². The number of hydrogen-bond acceptors (Lipinski definition) is 23. The number of amides is 14. The van der Waals surface area contributed by atoms with Crippen LogP contribution in [0.2, 0.25) is 0 Å². The Morgan fingerprint density at radius 2 is 1.21 bits per heavy atom. The molecule has 1 unspecified atom stereocenters. The van der Waals surface area contributed by atoms with Gasteiger partial charge in [-0.15, -0.1) is 9.05 Å². The van der Waals surface area contributed by atoms with Crippen molar-refractivity contribution < 1.29 is 109 Å². The number of nitrogens with two attached hydrogens (primary N) is 1. The lowest BCUT2D eigenvalue weighted by Gasteiger charge is -2.34. The van der Waals surface area contributed by atoms with Gasteiger partial charge in [-0.05, 0) is 81.5 Å². The zero-order valence-electron chi connectivity index (χ0n) is 63.6. The van der Waals surface area contributed by atoms with Crippen molar-refractivity contribution in [2.45, 2.75) is 195 Å². The second kappa shape index (κ2) is 44.5. The molecule has 0 saturated carbocycles. The summed E-state index contributed by atoms with van der Waals surface area (Å²) in [5.41, 5.74) is 5.82. The molecule has 37 heteroatoms. The number of anilines is 1. The first-order valence-corrected chi connectivity index (χ1v) is 35.8. The van der Waals surface area contributed by atoms with Crippen molar-refractivity contribution in [1.29, 1.82) is 0 Å². The van der Waals surface area contributed by atoms with Gasteiger partial charge in [0.2, 0.25) is 47.3 Å². The summed E-state index contributed by atoms with van der Waals surface area (Å²) in [6.07, 6.45) is -4.87. The number of ether oxygens (including phenoxy) is 4. The normalized spacial score (nSPS) is 15.3. The number of hydrogen-bond donors (Lipinski definition) is 10. The molecule has 36 nitrogen and oxygen atoms in total. The van der Waals surface area contributed by atoms with E-state index in [1.165, 1.54) is 66.2 Å². The van der Waals surface area contributed by atoms with Crippen LogP contribution >= 0.6 is 8.25 Å². The molecule has 1 aliphatic rings. The van der Waals surface area contributed by atoms with Crippen LogP contribution in [0.25, 0.3) is 0 Å². The Hall–Kier alpha value is -10.6. The molecule has 0 bridgehead atoms. The van der Waals surface area contributed by atoms with E-state index in [0.29, 0.717) is 11.1 Å². The lowest BCUT2D eigenvalue weighted by Crippen LogP contribution is -2.61. The number of rotatable bonds is 44. The predicted molar refractivity (Wildman–Crippen MR) is 388 cm³/mol. The highest BCUT2D eigenvalue weighted by molar-refractivity contribution is 7.33. The van der Waals surface area contributed by atoms with E-state index in [0.717, 1.165) is 47.7 Å². The van der Waals surface area contributed by atoms with Gasteiger partial charge in [0.25, 0.3) is 23.6 Å². The van der Waals surface area contributed by atoms with Gasteiger partial charge in [-0.3, -0.25) is 67.2 Å². The van der Waals surface area contributed by atoms with Gasteiger partial charge in [0.05, 0.1) is 12.5 Å². The smallest absolute Gasteiger partial charge is 0.460 e. The summed E-state index contributed by atoms with van der Waals surface area (Å²) >= 11 is 0. The molecule has 14 amide bonds. The van der Waals surface area contributed by atoms with Crippen LogP contribution in [-0.2, 0) is 118 Å². The van der Waals surface area contributed by atoms with E-state index in [4.69, 9.17) is 33.7 Å². The molecule has 0 aliphatic carbocycles. The first kappa shape index (κ1) is 91.6. The van der Waals surface area contributed by atoms with Gasteiger partial charge in [0, 0.05) is 90.4 Å². The van der Waals surface area contributed by atoms with E-state index in [1.54, 1.807) is 78.8 Å². The summed E-state index contributed by atoms with van der Waals surface area (Å²) in [7, 11) is 1.89. The van der Waals surface area contributed by atoms with Gasteiger partial charge in [0.1, 0.15) is 60.8 Å². The summed E-state index contributed by atoms with van der Waals surface area (Å²) in [6, 6.07) is 3.22. The average molecular weight is 1540 g/mol. The fourth-order valence-corrected chi connectivity index (χ4v) is 11.3. The number of benzene rings is 2. The first-order valence-electron chi connectivity index (χ1n) is 34.7. The van der Waals surface area contributed by atoms with Crippen LogP contribution in [-0.4, -0.2) is 224 Å². The monoisotopic (exact) mass is 1540 g/mol. The quantitative estimate of drug-likeness (QED) is 0.0110. The molecule has 0 saturated heterocycles. The van der Waals surface area contributed by atoms with Crippen molar-refractivity contribution in [3.63, 3.8) is 0 Å². The summed E-state index contributed by atoms with van der Waals surface area (Å²) in [5, 5.41) is 22.6. The summed E-state index contributed by atoms with van der Waals surface area (Å²) in [4.78, 5) is 214. The molecule has 11 N–H and O–H groups in total. The maximum absolute atomic E-state index is 14.4. The molecular weight excluding hydrogens is 1430 g/mol. The third-order valence-electron chi connectivity index (χ3n) is 16.8. The summed E-state index contributed by atoms with van der Waals surface area (Å²) in [5.74, 6) is -14.5. The fourth-order valence-electron chi connectivity index (χ4n) is 10.4. The molecule has 2 aromatic carbocycles. The Morgan fingerprint density at radius 1 is 0.630 bits per heavy atom.